The summed E-state index contributed by atoms with van der Waals surface area (Å²) in [5.74, 6) is 0.176. The Balaban J connectivity index is 2.33. The standard InChI is InChI=1S/C14H20N2O2/c1-11(2)13-10-12(6-7-14(13)16(17)18)15-8-4-3-5-9-15/h6-7,10-11H,3-5,8-9H2,1-2H3. The molecule has 4 heteroatoms. The fraction of sp³-hybridized carbons (Fsp3) is 0.571. The van der Waals surface area contributed by atoms with Gasteiger partial charge in [0.1, 0.15) is 0 Å². The van der Waals surface area contributed by atoms with E-state index in [4.69, 9.17) is 0 Å². The van der Waals surface area contributed by atoms with Crippen molar-refractivity contribution in [3.8, 4) is 0 Å². The van der Waals surface area contributed by atoms with Gasteiger partial charge < -0.3 is 4.90 Å². The highest BCUT2D eigenvalue weighted by molar-refractivity contribution is 5.56. The summed E-state index contributed by atoms with van der Waals surface area (Å²) in [6.45, 7) is 6.13. The lowest BCUT2D eigenvalue weighted by Gasteiger charge is -2.29. The van der Waals surface area contributed by atoms with Gasteiger partial charge in [0.15, 0.2) is 0 Å². The van der Waals surface area contributed by atoms with Crippen LogP contribution in [0.2, 0.25) is 0 Å². The van der Waals surface area contributed by atoms with Crippen LogP contribution in [0.1, 0.15) is 44.6 Å². The van der Waals surface area contributed by atoms with Crippen LogP contribution in [0.25, 0.3) is 0 Å². The number of piperidine rings is 1. The van der Waals surface area contributed by atoms with Crippen LogP contribution in [-0.4, -0.2) is 18.0 Å². The number of nitrogens with zero attached hydrogens (tertiary/aromatic N) is 2. The number of hydrogen-bond acceptors (Lipinski definition) is 3. The van der Waals surface area contributed by atoms with Gasteiger partial charge >= 0.3 is 0 Å². The maximum atomic E-state index is 11.0. The lowest BCUT2D eigenvalue weighted by Crippen LogP contribution is -2.29. The molecule has 0 atom stereocenters. The molecule has 1 aliphatic rings. The molecular formula is C14H20N2O2. The van der Waals surface area contributed by atoms with Crippen molar-refractivity contribution in [2.45, 2.75) is 39.0 Å². The molecule has 0 bridgehead atoms. The lowest BCUT2D eigenvalue weighted by molar-refractivity contribution is -0.385. The normalized spacial score (nSPS) is 16.1. The van der Waals surface area contributed by atoms with E-state index in [9.17, 15) is 10.1 Å². The van der Waals surface area contributed by atoms with Crippen molar-refractivity contribution < 1.29 is 4.92 Å². The Bertz CT molecular complexity index is 437. The fourth-order valence-electron chi connectivity index (χ4n) is 2.52. The van der Waals surface area contributed by atoms with Crippen molar-refractivity contribution in [3.63, 3.8) is 0 Å². The van der Waals surface area contributed by atoms with Crippen LogP contribution in [0.15, 0.2) is 18.2 Å². The summed E-state index contributed by atoms with van der Waals surface area (Å²) in [5.41, 5.74) is 2.21. The SMILES string of the molecule is CC(C)c1cc(N2CCCCC2)ccc1[N+](=O)[O-]. The highest BCUT2D eigenvalue weighted by Gasteiger charge is 2.19. The third kappa shape index (κ3) is 2.63. The predicted octanol–water partition coefficient (Wildman–Crippen LogP) is 3.71. The average Bonchev–Trinajstić information content (AvgIpc) is 2.39. The summed E-state index contributed by atoms with van der Waals surface area (Å²) in [6, 6.07) is 5.53. The van der Waals surface area contributed by atoms with Crippen molar-refractivity contribution >= 4 is 11.4 Å². The first-order valence-electron chi connectivity index (χ1n) is 6.63. The van der Waals surface area contributed by atoms with Crippen molar-refractivity contribution in [1.82, 2.24) is 0 Å². The Hall–Kier alpha value is -1.58. The van der Waals surface area contributed by atoms with Gasteiger partial charge in [-0.05, 0) is 37.3 Å². The van der Waals surface area contributed by atoms with Gasteiger partial charge in [-0.2, -0.15) is 0 Å². The van der Waals surface area contributed by atoms with E-state index in [0.717, 1.165) is 24.3 Å². The molecule has 1 fully saturated rings. The van der Waals surface area contributed by atoms with Gasteiger partial charge in [0.25, 0.3) is 5.69 Å². The van der Waals surface area contributed by atoms with Crippen molar-refractivity contribution in [3.05, 3.63) is 33.9 Å². The van der Waals surface area contributed by atoms with Crippen LogP contribution >= 0.6 is 0 Å². The Kier molecular flexibility index (Phi) is 3.84. The molecule has 1 heterocycles. The quantitative estimate of drug-likeness (QED) is 0.605. The van der Waals surface area contributed by atoms with Crippen LogP contribution in [0, 0.1) is 10.1 Å². The summed E-state index contributed by atoms with van der Waals surface area (Å²) in [6.07, 6.45) is 3.72. The van der Waals surface area contributed by atoms with Crippen LogP contribution in [0.3, 0.4) is 0 Å². The summed E-state index contributed by atoms with van der Waals surface area (Å²) in [7, 11) is 0. The second-order valence-corrected chi connectivity index (χ2v) is 5.20. The van der Waals surface area contributed by atoms with Gasteiger partial charge in [0.05, 0.1) is 4.92 Å². The Labute approximate surface area is 108 Å². The zero-order valence-corrected chi connectivity index (χ0v) is 11.1. The second-order valence-electron chi connectivity index (χ2n) is 5.20. The Morgan fingerprint density at radius 3 is 2.44 bits per heavy atom. The van der Waals surface area contributed by atoms with Crippen molar-refractivity contribution in [1.29, 1.82) is 0 Å². The molecule has 0 spiro atoms. The van der Waals surface area contributed by atoms with E-state index in [1.807, 2.05) is 26.0 Å². The molecule has 4 nitrogen and oxygen atoms in total. The number of nitro benzene ring substituents is 1. The van der Waals surface area contributed by atoms with E-state index in [-0.39, 0.29) is 16.5 Å². The number of nitro groups is 1. The molecule has 98 valence electrons. The molecule has 0 aromatic heterocycles. The summed E-state index contributed by atoms with van der Waals surface area (Å²) in [5, 5.41) is 11.0. The molecule has 1 aliphatic heterocycles. The third-order valence-electron chi connectivity index (χ3n) is 3.55. The summed E-state index contributed by atoms with van der Waals surface area (Å²) >= 11 is 0. The minimum atomic E-state index is -0.282. The molecule has 0 unspecified atom stereocenters. The van der Waals surface area contributed by atoms with Gasteiger partial charge in [-0.1, -0.05) is 13.8 Å². The van der Waals surface area contributed by atoms with Gasteiger partial charge in [0, 0.05) is 30.4 Å². The van der Waals surface area contributed by atoms with Crippen molar-refractivity contribution in [2.75, 3.05) is 18.0 Å². The molecule has 0 saturated carbocycles. The first kappa shape index (κ1) is 12.9. The maximum Gasteiger partial charge on any atom is 0.272 e. The minimum absolute atomic E-state index is 0.176. The highest BCUT2D eigenvalue weighted by atomic mass is 16.6. The van der Waals surface area contributed by atoms with E-state index < -0.39 is 0 Å². The monoisotopic (exact) mass is 248 g/mol. The van der Waals surface area contributed by atoms with E-state index >= 15 is 0 Å². The first-order chi connectivity index (χ1) is 8.59. The molecule has 1 saturated heterocycles. The average molecular weight is 248 g/mol. The summed E-state index contributed by atoms with van der Waals surface area (Å²) < 4.78 is 0. The molecule has 2 rings (SSSR count). The maximum absolute atomic E-state index is 11.0. The molecule has 0 N–H and O–H groups in total. The molecule has 18 heavy (non-hydrogen) atoms. The minimum Gasteiger partial charge on any atom is -0.372 e. The number of benzene rings is 1. The number of rotatable bonds is 3. The van der Waals surface area contributed by atoms with E-state index in [1.54, 1.807) is 6.07 Å². The predicted molar refractivity (Wildman–Crippen MR) is 73.2 cm³/mol. The van der Waals surface area contributed by atoms with Crippen LogP contribution in [0.4, 0.5) is 11.4 Å². The third-order valence-corrected chi connectivity index (χ3v) is 3.55. The Morgan fingerprint density at radius 2 is 1.89 bits per heavy atom. The largest absolute Gasteiger partial charge is 0.372 e. The van der Waals surface area contributed by atoms with E-state index in [2.05, 4.69) is 4.90 Å². The zero-order valence-electron chi connectivity index (χ0n) is 11.1. The smallest absolute Gasteiger partial charge is 0.272 e. The van der Waals surface area contributed by atoms with Gasteiger partial charge in [-0.15, -0.1) is 0 Å². The Morgan fingerprint density at radius 1 is 1.22 bits per heavy atom. The summed E-state index contributed by atoms with van der Waals surface area (Å²) in [4.78, 5) is 13.1. The molecule has 0 aliphatic carbocycles. The van der Waals surface area contributed by atoms with Crippen LogP contribution < -0.4 is 4.90 Å². The number of anilines is 1. The van der Waals surface area contributed by atoms with Crippen LogP contribution in [0.5, 0.6) is 0 Å². The zero-order chi connectivity index (χ0) is 13.1. The lowest BCUT2D eigenvalue weighted by atomic mass is 9.99. The van der Waals surface area contributed by atoms with Gasteiger partial charge in [-0.3, -0.25) is 10.1 Å². The second kappa shape index (κ2) is 5.38. The first-order valence-corrected chi connectivity index (χ1v) is 6.63. The fourth-order valence-corrected chi connectivity index (χ4v) is 2.52. The number of hydrogen-bond donors (Lipinski definition) is 0. The molecule has 1 aromatic rings. The molecule has 0 amide bonds. The van der Waals surface area contributed by atoms with Gasteiger partial charge in [-0.25, -0.2) is 0 Å². The molecular weight excluding hydrogens is 228 g/mol. The highest BCUT2D eigenvalue weighted by Crippen LogP contribution is 2.31. The van der Waals surface area contributed by atoms with E-state index in [0.29, 0.717) is 0 Å². The van der Waals surface area contributed by atoms with Gasteiger partial charge in [0.2, 0.25) is 0 Å². The molecule has 0 radical (unpaired) electrons. The van der Waals surface area contributed by atoms with Crippen molar-refractivity contribution in [2.24, 2.45) is 0 Å². The molecule has 1 aromatic carbocycles. The van der Waals surface area contributed by atoms with E-state index in [1.165, 1.54) is 19.3 Å². The van der Waals surface area contributed by atoms with Crippen LogP contribution in [-0.2, 0) is 0 Å². The topological polar surface area (TPSA) is 46.4 Å².